The first-order chi connectivity index (χ1) is 15.8. The number of benzene rings is 1. The lowest BCUT2D eigenvalue weighted by molar-refractivity contribution is 0.702. The van der Waals surface area contributed by atoms with Gasteiger partial charge in [-0.1, -0.05) is 91.0 Å². The summed E-state index contributed by atoms with van der Waals surface area (Å²) >= 11 is 0. The molecule has 176 valence electrons. The highest BCUT2D eigenvalue weighted by molar-refractivity contribution is 6.24. The topological polar surface area (TPSA) is 30.7 Å². The van der Waals surface area contributed by atoms with Crippen molar-refractivity contribution in [2.45, 2.75) is 73.1 Å². The van der Waals surface area contributed by atoms with Gasteiger partial charge in [-0.2, -0.15) is 0 Å². The number of hydrogen-bond donors (Lipinski definition) is 0. The number of pyridine rings is 2. The summed E-state index contributed by atoms with van der Waals surface area (Å²) in [6, 6.07) is 8.20. The van der Waals surface area contributed by atoms with Crippen LogP contribution in [-0.4, -0.2) is 14.5 Å². The van der Waals surface area contributed by atoms with E-state index in [1.807, 2.05) is 51.4 Å². The Bertz CT molecular complexity index is 1190. The molecule has 0 radical (unpaired) electrons. The summed E-state index contributed by atoms with van der Waals surface area (Å²) in [5.74, 6) is 0. The van der Waals surface area contributed by atoms with Crippen LogP contribution in [0.2, 0.25) is 0 Å². The lowest BCUT2D eigenvalue weighted by Gasteiger charge is -2.07. The first-order valence-electron chi connectivity index (χ1n) is 12.2. The van der Waals surface area contributed by atoms with Crippen LogP contribution in [0, 0.1) is 0 Å². The van der Waals surface area contributed by atoms with Crippen molar-refractivity contribution in [1.29, 1.82) is 0 Å². The molecule has 0 atom stereocenters. The minimum absolute atomic E-state index is 0. The Morgan fingerprint density at radius 3 is 1.82 bits per heavy atom. The van der Waals surface area contributed by atoms with Gasteiger partial charge in [-0.25, -0.2) is 0 Å². The Morgan fingerprint density at radius 1 is 0.848 bits per heavy atom. The average Bonchev–Trinajstić information content (AvgIpc) is 3.03. The van der Waals surface area contributed by atoms with Crippen LogP contribution in [0.25, 0.3) is 44.9 Å². The molecule has 1 aliphatic rings. The number of rotatable bonds is 2. The van der Waals surface area contributed by atoms with Crippen molar-refractivity contribution in [2.75, 3.05) is 0 Å². The minimum atomic E-state index is 0. The maximum absolute atomic E-state index is 4.60. The van der Waals surface area contributed by atoms with Crippen LogP contribution in [0.1, 0.15) is 84.4 Å². The summed E-state index contributed by atoms with van der Waals surface area (Å²) in [7, 11) is 2.08. The number of allylic oxidation sites excluding steroid dienone is 1. The van der Waals surface area contributed by atoms with Gasteiger partial charge in [-0.3, -0.25) is 9.97 Å². The van der Waals surface area contributed by atoms with Crippen LogP contribution in [-0.2, 0) is 7.05 Å². The van der Waals surface area contributed by atoms with Crippen LogP contribution in [0.3, 0.4) is 0 Å². The van der Waals surface area contributed by atoms with E-state index >= 15 is 0 Å². The number of fused-ring (bicyclic) bond motifs is 6. The Kier molecular flexibility index (Phi) is 10.3. The zero-order chi connectivity index (χ0) is 22.9. The van der Waals surface area contributed by atoms with Gasteiger partial charge in [0.1, 0.15) is 0 Å². The minimum Gasteiger partial charge on any atom is -0.343 e. The van der Waals surface area contributed by atoms with Crippen molar-refractivity contribution in [3.8, 4) is 0 Å². The second kappa shape index (κ2) is 12.9. The van der Waals surface area contributed by atoms with Gasteiger partial charge in [0.05, 0.1) is 16.6 Å². The van der Waals surface area contributed by atoms with E-state index in [2.05, 4.69) is 52.4 Å². The second-order valence-electron chi connectivity index (χ2n) is 8.06. The van der Waals surface area contributed by atoms with E-state index in [0.29, 0.717) is 0 Å². The standard InChI is InChI=1S/C20H17N3.C7H14.C2H6.CH4/c1-4-8-13-16(5-2)23(3)20-15-10-7-12-22-19(15)18-14(17(13)20)9-6-11-21-18;1-2-4-6-7-5-3-1;1-2;/h4-12H,2H2,1,3H3;1-7H2;1-2H3;1H4/b8-4-;;;. The lowest BCUT2D eigenvalue weighted by Crippen LogP contribution is -1.93. The zero-order valence-corrected chi connectivity index (χ0v) is 20.2. The summed E-state index contributed by atoms with van der Waals surface area (Å²) in [5.41, 5.74) is 5.36. The van der Waals surface area contributed by atoms with Gasteiger partial charge in [0, 0.05) is 46.9 Å². The van der Waals surface area contributed by atoms with Crippen LogP contribution in [0.15, 0.2) is 49.3 Å². The molecule has 3 heteroatoms. The van der Waals surface area contributed by atoms with Gasteiger partial charge < -0.3 is 4.57 Å². The largest absolute Gasteiger partial charge is 0.343 e. The van der Waals surface area contributed by atoms with Gasteiger partial charge in [-0.05, 0) is 31.2 Å². The molecule has 3 heterocycles. The van der Waals surface area contributed by atoms with Crippen molar-refractivity contribution >= 4 is 44.9 Å². The van der Waals surface area contributed by atoms with Gasteiger partial charge in [-0.15, -0.1) is 0 Å². The predicted molar refractivity (Wildman–Crippen MR) is 149 cm³/mol. The van der Waals surface area contributed by atoms with Crippen molar-refractivity contribution in [3.05, 3.63) is 60.6 Å². The molecule has 3 nitrogen and oxygen atoms in total. The molecule has 0 aliphatic heterocycles. The van der Waals surface area contributed by atoms with Gasteiger partial charge in [0.15, 0.2) is 0 Å². The second-order valence-corrected chi connectivity index (χ2v) is 8.06. The summed E-state index contributed by atoms with van der Waals surface area (Å²) in [4.78, 5) is 9.20. The summed E-state index contributed by atoms with van der Waals surface area (Å²) in [6.07, 6.45) is 20.3. The Hall–Kier alpha value is -2.94. The van der Waals surface area contributed by atoms with E-state index in [-0.39, 0.29) is 7.43 Å². The van der Waals surface area contributed by atoms with E-state index in [1.54, 1.807) is 0 Å². The molecule has 1 aliphatic carbocycles. The molecule has 0 N–H and O–H groups in total. The molecule has 4 aromatic rings. The smallest absolute Gasteiger partial charge is 0.0985 e. The van der Waals surface area contributed by atoms with Crippen molar-refractivity contribution in [3.63, 3.8) is 0 Å². The maximum Gasteiger partial charge on any atom is 0.0985 e. The third-order valence-electron chi connectivity index (χ3n) is 6.12. The van der Waals surface area contributed by atoms with E-state index in [1.165, 1.54) is 61.4 Å². The molecule has 0 saturated heterocycles. The molecule has 1 fully saturated rings. The zero-order valence-electron chi connectivity index (χ0n) is 20.2. The number of aryl methyl sites for hydroxylation is 1. The molecule has 1 aromatic carbocycles. The Balaban J connectivity index is 0.000000329. The van der Waals surface area contributed by atoms with Crippen LogP contribution in [0.5, 0.6) is 0 Å². The van der Waals surface area contributed by atoms with Crippen LogP contribution < -0.4 is 0 Å². The molecule has 1 saturated carbocycles. The Labute approximate surface area is 200 Å². The quantitative estimate of drug-likeness (QED) is 0.228. The molecule has 0 bridgehead atoms. The predicted octanol–water partition coefficient (Wildman–Crippen LogP) is 9.34. The molecular formula is C30H41N3. The monoisotopic (exact) mass is 443 g/mol. The fourth-order valence-corrected chi connectivity index (χ4v) is 4.71. The summed E-state index contributed by atoms with van der Waals surface area (Å²) in [5, 5.41) is 3.46. The number of aromatic nitrogens is 3. The van der Waals surface area contributed by atoms with E-state index < -0.39 is 0 Å². The normalized spacial score (nSPS) is 13.6. The highest BCUT2D eigenvalue weighted by Crippen LogP contribution is 2.38. The van der Waals surface area contributed by atoms with E-state index in [9.17, 15) is 0 Å². The maximum atomic E-state index is 4.60. The average molecular weight is 444 g/mol. The fraction of sp³-hybridized carbons (Fsp3) is 0.400. The summed E-state index contributed by atoms with van der Waals surface area (Å²) < 4.78 is 2.20. The van der Waals surface area contributed by atoms with Gasteiger partial charge >= 0.3 is 0 Å². The highest BCUT2D eigenvalue weighted by atomic mass is 15.0. The molecule has 5 rings (SSSR count). The van der Waals surface area contributed by atoms with Crippen LogP contribution in [0.4, 0.5) is 0 Å². The molecule has 0 unspecified atom stereocenters. The van der Waals surface area contributed by atoms with Crippen LogP contribution >= 0.6 is 0 Å². The first-order valence-corrected chi connectivity index (χ1v) is 12.2. The van der Waals surface area contributed by atoms with Gasteiger partial charge in [0.25, 0.3) is 0 Å². The molecular weight excluding hydrogens is 402 g/mol. The third-order valence-corrected chi connectivity index (χ3v) is 6.12. The summed E-state index contributed by atoms with van der Waals surface area (Å²) in [6.45, 7) is 10.0. The number of hydrogen-bond acceptors (Lipinski definition) is 2. The van der Waals surface area contributed by atoms with Crippen molar-refractivity contribution in [1.82, 2.24) is 14.5 Å². The fourth-order valence-electron chi connectivity index (χ4n) is 4.71. The van der Waals surface area contributed by atoms with Crippen molar-refractivity contribution in [2.24, 2.45) is 7.05 Å². The lowest BCUT2D eigenvalue weighted by atomic mass is 10.0. The highest BCUT2D eigenvalue weighted by Gasteiger charge is 2.18. The molecule has 33 heavy (non-hydrogen) atoms. The first kappa shape index (κ1) is 26.3. The molecule has 0 spiro atoms. The van der Waals surface area contributed by atoms with Gasteiger partial charge in [0.2, 0.25) is 0 Å². The molecule has 0 amide bonds. The SMILES string of the molecule is C.C1CCCCCC1.C=Cc1c(/C=C\C)c2c3cccnc3c3ncccc3c2n1C.CC. The molecule has 3 aromatic heterocycles. The van der Waals surface area contributed by atoms with E-state index in [0.717, 1.165) is 27.5 Å². The van der Waals surface area contributed by atoms with Crippen molar-refractivity contribution < 1.29 is 0 Å². The van der Waals surface area contributed by atoms with E-state index in [4.69, 9.17) is 0 Å². The Morgan fingerprint density at radius 2 is 1.33 bits per heavy atom. The number of nitrogens with zero attached hydrogens (tertiary/aromatic N) is 3. The third kappa shape index (κ3) is 5.35.